The van der Waals surface area contributed by atoms with Gasteiger partial charge in [-0.2, -0.15) is 13.2 Å². The second-order valence-electron chi connectivity index (χ2n) is 9.77. The summed E-state index contributed by atoms with van der Waals surface area (Å²) in [5.41, 5.74) is -5.55. The Morgan fingerprint density at radius 3 is 1.54 bits per heavy atom. The van der Waals surface area contributed by atoms with Crippen LogP contribution in [0.15, 0.2) is 0 Å². The summed E-state index contributed by atoms with van der Waals surface area (Å²) in [4.78, 5) is 0. The minimum Gasteiger partial charge on any atom is -0.231 e. The maximum atomic E-state index is 16.0. The molecule has 1 rings (SSSR count). The molecule has 8 heteroatoms. The van der Waals surface area contributed by atoms with E-state index in [0.29, 0.717) is 6.42 Å². The van der Waals surface area contributed by atoms with Crippen molar-refractivity contribution in [1.82, 2.24) is 0 Å². The Morgan fingerprint density at radius 1 is 0.808 bits per heavy atom. The van der Waals surface area contributed by atoms with Gasteiger partial charge in [-0.25, -0.2) is 12.8 Å². The minimum absolute atomic E-state index is 0.00268. The second-order valence-corrected chi connectivity index (χ2v) is 13.5. The van der Waals surface area contributed by atoms with E-state index < -0.39 is 41.3 Å². The highest BCUT2D eigenvalue weighted by molar-refractivity contribution is 14.1. The van der Waals surface area contributed by atoms with Gasteiger partial charge in [0.05, 0.1) is 11.5 Å². The minimum atomic E-state index is -4.71. The zero-order valence-electron chi connectivity index (χ0n) is 16.8. The molecular weight excluding hydrogens is 483 g/mol. The molecule has 0 N–H and O–H groups in total. The third kappa shape index (κ3) is 3.43. The summed E-state index contributed by atoms with van der Waals surface area (Å²) in [6, 6.07) is 0. The van der Waals surface area contributed by atoms with Crippen LogP contribution in [0.25, 0.3) is 0 Å². The molecule has 2 atom stereocenters. The van der Waals surface area contributed by atoms with E-state index in [4.69, 9.17) is 0 Å². The molecule has 0 saturated carbocycles. The molecule has 2 nitrogen and oxygen atoms in total. The second kappa shape index (κ2) is 6.46. The maximum absolute atomic E-state index is 16.0. The van der Waals surface area contributed by atoms with E-state index >= 15 is 4.39 Å². The van der Waals surface area contributed by atoms with Crippen molar-refractivity contribution in [3.63, 3.8) is 0 Å². The molecule has 1 saturated heterocycles. The molecule has 1 aliphatic rings. The van der Waals surface area contributed by atoms with Gasteiger partial charge in [-0.3, -0.25) is 0 Å². The van der Waals surface area contributed by atoms with Crippen LogP contribution in [0.5, 0.6) is 0 Å². The van der Waals surface area contributed by atoms with E-state index in [9.17, 15) is 21.6 Å². The predicted molar refractivity (Wildman–Crippen MR) is 106 cm³/mol. The highest BCUT2D eigenvalue weighted by Gasteiger charge is 2.71. The lowest BCUT2D eigenvalue weighted by atomic mass is 9.48. The van der Waals surface area contributed by atoms with E-state index in [1.807, 2.05) is 13.8 Å². The predicted octanol–water partition coefficient (Wildman–Crippen LogP) is 6.19. The first-order valence-corrected chi connectivity index (χ1v) is 11.6. The largest absolute Gasteiger partial charge is 0.397 e. The number of alkyl halides is 5. The lowest BCUT2D eigenvalue weighted by Gasteiger charge is -2.60. The van der Waals surface area contributed by atoms with E-state index in [0.717, 1.165) is 13.8 Å². The Labute approximate surface area is 168 Å². The van der Waals surface area contributed by atoms with Crippen LogP contribution in [0, 0.1) is 27.6 Å². The van der Waals surface area contributed by atoms with Gasteiger partial charge in [0.1, 0.15) is 5.41 Å². The summed E-state index contributed by atoms with van der Waals surface area (Å²) in [6.07, 6.45) is -4.25. The van der Waals surface area contributed by atoms with Gasteiger partial charge in [0.2, 0.25) is 0 Å². The third-order valence-electron chi connectivity index (χ3n) is 7.70. The molecule has 2 unspecified atom stereocenters. The van der Waals surface area contributed by atoms with Crippen LogP contribution in [0.3, 0.4) is 0 Å². The topological polar surface area (TPSA) is 34.1 Å². The first kappa shape index (κ1) is 24.4. The highest BCUT2D eigenvalue weighted by atomic mass is 127. The van der Waals surface area contributed by atoms with E-state index in [2.05, 4.69) is 0 Å². The van der Waals surface area contributed by atoms with Gasteiger partial charge >= 0.3 is 6.18 Å². The van der Waals surface area contributed by atoms with Crippen LogP contribution in [0.4, 0.5) is 17.6 Å². The molecule has 0 radical (unpaired) electrons. The average Bonchev–Trinajstić information content (AvgIpc) is 2.77. The van der Waals surface area contributed by atoms with Crippen molar-refractivity contribution >= 4 is 32.4 Å². The third-order valence-corrected chi connectivity index (χ3v) is 12.2. The molecule has 156 valence electrons. The van der Waals surface area contributed by atoms with Crippen LogP contribution >= 0.6 is 22.6 Å². The van der Waals surface area contributed by atoms with Crippen molar-refractivity contribution in [2.75, 3.05) is 11.5 Å². The molecular formula is C18H31F4IO2S. The normalized spacial score (nSPS) is 25.2. The molecule has 1 fully saturated rings. The molecule has 0 aliphatic carbocycles. The number of rotatable bonds is 5. The van der Waals surface area contributed by atoms with Crippen molar-refractivity contribution in [3.8, 4) is 0 Å². The Morgan fingerprint density at radius 2 is 1.23 bits per heavy atom. The lowest BCUT2D eigenvalue weighted by Crippen LogP contribution is -2.62. The number of sulfone groups is 1. The lowest BCUT2D eigenvalue weighted by molar-refractivity contribution is -0.262. The van der Waals surface area contributed by atoms with Crippen LogP contribution in [0.2, 0.25) is 0 Å². The van der Waals surface area contributed by atoms with Crippen LogP contribution < -0.4 is 0 Å². The SMILES string of the molecule is CC(C)(C1CCS(=O)(=O)C1)C(C)(C)C(C)(C)C(F)(I)C(C)(C)C(F)(F)F. The molecule has 1 aliphatic heterocycles. The standard InChI is InChI=1S/C18H31F4IO2S/c1-13(2,12-9-10-26(24,25)11-12)14(3,4)15(5,6)17(19,23)16(7,8)18(20,21)22/h12H,9-11H2,1-8H3. The zero-order chi connectivity index (χ0) is 21.2. The van der Waals surface area contributed by atoms with Gasteiger partial charge < -0.3 is 0 Å². The highest BCUT2D eigenvalue weighted by Crippen LogP contribution is 2.68. The fraction of sp³-hybridized carbons (Fsp3) is 1.00. The Kier molecular flexibility index (Phi) is 6.07. The average molecular weight is 514 g/mol. The number of hydrogen-bond donors (Lipinski definition) is 0. The molecule has 0 spiro atoms. The maximum Gasteiger partial charge on any atom is 0.397 e. The quantitative estimate of drug-likeness (QED) is 0.249. The first-order chi connectivity index (χ1) is 11.1. The van der Waals surface area contributed by atoms with Gasteiger partial charge in [-0.1, -0.05) is 41.5 Å². The number of halogens is 5. The van der Waals surface area contributed by atoms with Crippen molar-refractivity contribution < 1.29 is 26.0 Å². The molecule has 26 heavy (non-hydrogen) atoms. The monoisotopic (exact) mass is 514 g/mol. The fourth-order valence-corrected chi connectivity index (χ4v) is 7.02. The van der Waals surface area contributed by atoms with Crippen molar-refractivity contribution in [2.24, 2.45) is 27.6 Å². The first-order valence-electron chi connectivity index (χ1n) is 8.71. The molecule has 0 aromatic carbocycles. The summed E-state index contributed by atoms with van der Waals surface area (Å²) in [5.74, 6) is -0.137. The smallest absolute Gasteiger partial charge is 0.231 e. The van der Waals surface area contributed by atoms with Gasteiger partial charge in [0.15, 0.2) is 13.5 Å². The molecule has 0 aromatic rings. The summed E-state index contributed by atoms with van der Waals surface area (Å²) in [5, 5.41) is 0. The van der Waals surface area contributed by atoms with Crippen molar-refractivity contribution in [2.45, 2.75) is 71.7 Å². The Hall–Kier alpha value is 0.400. The van der Waals surface area contributed by atoms with Crippen LogP contribution in [0.1, 0.15) is 61.8 Å². The van der Waals surface area contributed by atoms with E-state index in [1.54, 1.807) is 13.8 Å². The molecule has 1 heterocycles. The van der Waals surface area contributed by atoms with Crippen molar-refractivity contribution in [1.29, 1.82) is 0 Å². The summed E-state index contributed by atoms with van der Waals surface area (Å²) in [6.45, 7) is 12.1. The Bertz CT molecular complexity index is 647. The van der Waals surface area contributed by atoms with Gasteiger partial charge in [-0.05, 0) is 59.6 Å². The van der Waals surface area contributed by atoms with E-state index in [-0.39, 0.29) is 17.4 Å². The molecule has 0 amide bonds. The van der Waals surface area contributed by atoms with Crippen molar-refractivity contribution in [3.05, 3.63) is 0 Å². The molecule has 0 bridgehead atoms. The van der Waals surface area contributed by atoms with Gasteiger partial charge in [0.25, 0.3) is 0 Å². The summed E-state index contributed by atoms with van der Waals surface area (Å²) in [7, 11) is -3.15. The molecule has 0 aromatic heterocycles. The van der Waals surface area contributed by atoms with Gasteiger partial charge in [-0.15, -0.1) is 0 Å². The van der Waals surface area contributed by atoms with Crippen LogP contribution in [-0.2, 0) is 9.84 Å². The fourth-order valence-electron chi connectivity index (χ4n) is 4.03. The zero-order valence-corrected chi connectivity index (χ0v) is 19.8. The van der Waals surface area contributed by atoms with Crippen LogP contribution in [-0.4, -0.2) is 29.8 Å². The summed E-state index contributed by atoms with van der Waals surface area (Å²) >= 11 is 1.32. The summed E-state index contributed by atoms with van der Waals surface area (Å²) < 4.78 is 78.1. The Balaban J connectivity index is 3.44. The van der Waals surface area contributed by atoms with Gasteiger partial charge in [0, 0.05) is 5.41 Å². The number of hydrogen-bond acceptors (Lipinski definition) is 2. The van der Waals surface area contributed by atoms with E-state index in [1.165, 1.54) is 36.4 Å².